The Morgan fingerprint density at radius 2 is 1.29 bits per heavy atom. The van der Waals surface area contributed by atoms with Crippen LogP contribution in [-0.2, 0) is 10.2 Å². The van der Waals surface area contributed by atoms with Crippen LogP contribution in [-0.4, -0.2) is 5.78 Å². The second-order valence-electron chi connectivity index (χ2n) is 5.66. The molecule has 3 aromatic rings. The SMILES string of the molecule is CC(=O)C(c1ccccc1)(c1ccc(F)cc1)c1ccccc1F. The molecule has 0 radical (unpaired) electrons. The molecule has 1 atom stereocenters. The fourth-order valence-corrected chi connectivity index (χ4v) is 3.23. The maximum Gasteiger partial charge on any atom is 0.149 e. The number of Topliss-reactive ketones (excluding diaryl/α,β-unsaturated/α-hetero) is 1. The van der Waals surface area contributed by atoms with Crippen molar-refractivity contribution < 1.29 is 13.6 Å². The van der Waals surface area contributed by atoms with Gasteiger partial charge in [0.15, 0.2) is 0 Å². The van der Waals surface area contributed by atoms with Gasteiger partial charge in [0, 0.05) is 5.56 Å². The van der Waals surface area contributed by atoms with Crippen molar-refractivity contribution >= 4 is 5.78 Å². The normalized spacial score (nSPS) is 13.3. The van der Waals surface area contributed by atoms with Crippen LogP contribution in [0.1, 0.15) is 23.6 Å². The van der Waals surface area contributed by atoms with Gasteiger partial charge in [0.2, 0.25) is 0 Å². The van der Waals surface area contributed by atoms with Gasteiger partial charge < -0.3 is 0 Å². The summed E-state index contributed by atoms with van der Waals surface area (Å²) in [4.78, 5) is 12.8. The van der Waals surface area contributed by atoms with E-state index in [1.54, 1.807) is 42.5 Å². The molecule has 3 heteroatoms. The van der Waals surface area contributed by atoms with Gasteiger partial charge in [-0.25, -0.2) is 8.78 Å². The highest BCUT2D eigenvalue weighted by Gasteiger charge is 2.42. The van der Waals surface area contributed by atoms with Crippen LogP contribution in [0.5, 0.6) is 0 Å². The molecule has 0 aromatic heterocycles. The van der Waals surface area contributed by atoms with Crippen molar-refractivity contribution in [3.63, 3.8) is 0 Å². The minimum absolute atomic E-state index is 0.231. The van der Waals surface area contributed by atoms with E-state index in [0.29, 0.717) is 11.1 Å². The minimum Gasteiger partial charge on any atom is -0.298 e. The van der Waals surface area contributed by atoms with E-state index in [9.17, 15) is 13.6 Å². The third-order valence-corrected chi connectivity index (χ3v) is 4.29. The molecule has 0 fully saturated rings. The van der Waals surface area contributed by atoms with Gasteiger partial charge in [0.25, 0.3) is 0 Å². The molecule has 1 unspecified atom stereocenters. The van der Waals surface area contributed by atoms with E-state index in [-0.39, 0.29) is 11.3 Å². The van der Waals surface area contributed by atoms with E-state index in [4.69, 9.17) is 0 Å². The van der Waals surface area contributed by atoms with Crippen LogP contribution < -0.4 is 0 Å². The standard InChI is InChI=1S/C21H16F2O/c1-15(24)21(16-7-3-2-4-8-16,17-11-13-18(22)14-12-17)19-9-5-6-10-20(19)23/h2-14H,1H3. The fraction of sp³-hybridized carbons (Fsp3) is 0.0952. The van der Waals surface area contributed by atoms with Crippen molar-refractivity contribution in [2.45, 2.75) is 12.3 Å². The Morgan fingerprint density at radius 3 is 1.88 bits per heavy atom. The first-order valence-electron chi connectivity index (χ1n) is 7.64. The molecule has 3 aromatic carbocycles. The summed E-state index contributed by atoms with van der Waals surface area (Å²) >= 11 is 0. The highest BCUT2D eigenvalue weighted by molar-refractivity contribution is 5.96. The van der Waals surface area contributed by atoms with Crippen LogP contribution in [0.4, 0.5) is 8.78 Å². The van der Waals surface area contributed by atoms with Crippen molar-refractivity contribution in [2.75, 3.05) is 0 Å². The third-order valence-electron chi connectivity index (χ3n) is 4.29. The average molecular weight is 322 g/mol. The van der Waals surface area contributed by atoms with Crippen LogP contribution in [0.3, 0.4) is 0 Å². The van der Waals surface area contributed by atoms with E-state index in [0.717, 1.165) is 0 Å². The van der Waals surface area contributed by atoms with Crippen molar-refractivity contribution in [3.05, 3.63) is 107 Å². The van der Waals surface area contributed by atoms with Crippen molar-refractivity contribution in [1.82, 2.24) is 0 Å². The lowest BCUT2D eigenvalue weighted by Gasteiger charge is -2.33. The summed E-state index contributed by atoms with van der Waals surface area (Å²) in [6, 6.07) is 20.9. The van der Waals surface area contributed by atoms with Crippen LogP contribution in [0.15, 0.2) is 78.9 Å². The summed E-state index contributed by atoms with van der Waals surface area (Å²) in [6.07, 6.45) is 0. The highest BCUT2D eigenvalue weighted by atomic mass is 19.1. The summed E-state index contributed by atoms with van der Waals surface area (Å²) in [6.45, 7) is 1.43. The Labute approximate surface area is 139 Å². The zero-order valence-corrected chi connectivity index (χ0v) is 13.2. The summed E-state index contributed by atoms with van der Waals surface area (Å²) in [5.41, 5.74) is 0.123. The summed E-state index contributed by atoms with van der Waals surface area (Å²) in [5, 5.41) is 0. The Morgan fingerprint density at radius 1 is 0.750 bits per heavy atom. The first-order valence-corrected chi connectivity index (χ1v) is 7.64. The van der Waals surface area contributed by atoms with E-state index >= 15 is 0 Å². The van der Waals surface area contributed by atoms with Crippen molar-refractivity contribution in [3.8, 4) is 0 Å². The zero-order chi connectivity index (χ0) is 17.2. The molecule has 3 rings (SSSR count). The van der Waals surface area contributed by atoms with Crippen LogP contribution >= 0.6 is 0 Å². The van der Waals surface area contributed by atoms with Gasteiger partial charge in [-0.15, -0.1) is 0 Å². The number of halogens is 2. The minimum atomic E-state index is -1.32. The molecule has 0 aliphatic rings. The van der Waals surface area contributed by atoms with Crippen molar-refractivity contribution in [2.24, 2.45) is 0 Å². The maximum atomic E-state index is 14.7. The predicted octanol–water partition coefficient (Wildman–Crippen LogP) is 4.89. The number of carbonyl (C=O) groups excluding carboxylic acids is 1. The zero-order valence-electron chi connectivity index (χ0n) is 13.2. The molecule has 0 saturated carbocycles. The summed E-state index contributed by atoms with van der Waals surface area (Å²) in [7, 11) is 0. The first kappa shape index (κ1) is 16.1. The molecule has 0 saturated heterocycles. The Balaban J connectivity index is 2.41. The quantitative estimate of drug-likeness (QED) is 0.625. The second kappa shape index (κ2) is 6.36. The molecule has 1 nitrogen and oxygen atoms in total. The van der Waals surface area contributed by atoms with Gasteiger partial charge in [-0.05, 0) is 36.2 Å². The maximum absolute atomic E-state index is 14.7. The van der Waals surface area contributed by atoms with Gasteiger partial charge in [0.05, 0.1) is 0 Å². The van der Waals surface area contributed by atoms with Gasteiger partial charge >= 0.3 is 0 Å². The number of hydrogen-bond acceptors (Lipinski definition) is 1. The summed E-state index contributed by atoms with van der Waals surface area (Å²) < 4.78 is 28.1. The molecule has 0 bridgehead atoms. The molecule has 24 heavy (non-hydrogen) atoms. The second-order valence-corrected chi connectivity index (χ2v) is 5.66. The average Bonchev–Trinajstić information content (AvgIpc) is 2.59. The number of hydrogen-bond donors (Lipinski definition) is 0. The molecular formula is C21H16F2O. The monoisotopic (exact) mass is 322 g/mol. The molecule has 0 aliphatic heterocycles. The van der Waals surface area contributed by atoms with Crippen molar-refractivity contribution in [1.29, 1.82) is 0 Å². The molecule has 0 aliphatic carbocycles. The molecule has 0 heterocycles. The highest BCUT2D eigenvalue weighted by Crippen LogP contribution is 2.41. The van der Waals surface area contributed by atoms with Gasteiger partial charge in [-0.2, -0.15) is 0 Å². The lowest BCUT2D eigenvalue weighted by Crippen LogP contribution is -2.37. The Hall–Kier alpha value is -2.81. The predicted molar refractivity (Wildman–Crippen MR) is 89.8 cm³/mol. The van der Waals surface area contributed by atoms with E-state index in [1.807, 2.05) is 6.07 Å². The van der Waals surface area contributed by atoms with Gasteiger partial charge in [-0.3, -0.25) is 4.79 Å². The largest absolute Gasteiger partial charge is 0.298 e. The van der Waals surface area contributed by atoms with Gasteiger partial charge in [-0.1, -0.05) is 60.7 Å². The number of benzene rings is 3. The lowest BCUT2D eigenvalue weighted by molar-refractivity contribution is -0.120. The van der Waals surface area contributed by atoms with Gasteiger partial charge in [0.1, 0.15) is 22.8 Å². The molecular weight excluding hydrogens is 306 g/mol. The fourth-order valence-electron chi connectivity index (χ4n) is 3.23. The van der Waals surface area contributed by atoms with Crippen LogP contribution in [0, 0.1) is 11.6 Å². The summed E-state index contributed by atoms with van der Waals surface area (Å²) in [5.74, 6) is -1.11. The number of ketones is 1. The lowest BCUT2D eigenvalue weighted by atomic mass is 9.67. The Bertz CT molecular complexity index is 857. The van der Waals surface area contributed by atoms with Crippen LogP contribution in [0.25, 0.3) is 0 Å². The molecule has 0 spiro atoms. The Kier molecular flexibility index (Phi) is 4.26. The first-order chi connectivity index (χ1) is 11.6. The van der Waals surface area contributed by atoms with E-state index in [2.05, 4.69) is 0 Å². The van der Waals surface area contributed by atoms with E-state index in [1.165, 1.54) is 37.3 Å². The molecule has 120 valence electrons. The van der Waals surface area contributed by atoms with Crippen LogP contribution in [0.2, 0.25) is 0 Å². The number of carbonyl (C=O) groups is 1. The topological polar surface area (TPSA) is 17.1 Å². The molecule has 0 N–H and O–H groups in total. The third kappa shape index (κ3) is 2.52. The smallest absolute Gasteiger partial charge is 0.149 e. The van der Waals surface area contributed by atoms with E-state index < -0.39 is 17.0 Å². The molecule has 0 amide bonds. The number of rotatable bonds is 4.